The number of aromatic nitrogens is 4. The number of carbonyl (C=O) groups excluding carboxylic acids is 1. The van der Waals surface area contributed by atoms with Gasteiger partial charge in [0.15, 0.2) is 6.61 Å². The number of carbonyl (C=O) groups is 1. The van der Waals surface area contributed by atoms with Crippen LogP contribution in [-0.2, 0) is 4.84 Å². The maximum atomic E-state index is 11.9. The summed E-state index contributed by atoms with van der Waals surface area (Å²) in [6, 6.07) is 1.73. The van der Waals surface area contributed by atoms with E-state index in [1.54, 1.807) is 25.4 Å². The lowest BCUT2D eigenvalue weighted by Crippen LogP contribution is -2.30. The first-order valence-electron chi connectivity index (χ1n) is 5.46. The highest BCUT2D eigenvalue weighted by Crippen LogP contribution is 2.13. The van der Waals surface area contributed by atoms with Gasteiger partial charge in [-0.15, -0.1) is 5.10 Å². The number of halogens is 3. The van der Waals surface area contributed by atoms with E-state index in [4.69, 9.17) is 0 Å². The molecule has 2 aromatic rings. The summed E-state index contributed by atoms with van der Waals surface area (Å²) in [7, 11) is 0. The maximum Gasteiger partial charge on any atom is 0.414 e. The van der Waals surface area contributed by atoms with Gasteiger partial charge in [0.25, 0.3) is 5.78 Å². The van der Waals surface area contributed by atoms with Crippen LogP contribution >= 0.6 is 0 Å². The van der Waals surface area contributed by atoms with Crippen LogP contribution in [0.2, 0.25) is 0 Å². The summed E-state index contributed by atoms with van der Waals surface area (Å²) in [4.78, 5) is 23.4. The summed E-state index contributed by atoms with van der Waals surface area (Å²) in [5.74, 6) is -1.12. The van der Waals surface area contributed by atoms with Crippen LogP contribution in [0.4, 0.5) is 13.2 Å². The summed E-state index contributed by atoms with van der Waals surface area (Å²) in [5, 5.41) is 3.84. The number of nitrogens with one attached hydrogen (secondary N) is 1. The molecule has 1 amide bonds. The molecule has 0 atom stereocenters. The number of nitrogens with zero attached hydrogens (tertiary/aromatic N) is 4. The van der Waals surface area contributed by atoms with Crippen LogP contribution < -0.4 is 5.48 Å². The van der Waals surface area contributed by atoms with Gasteiger partial charge in [0.05, 0.1) is 0 Å². The summed E-state index contributed by atoms with van der Waals surface area (Å²) >= 11 is 0. The smallest absolute Gasteiger partial charge is 0.264 e. The summed E-state index contributed by atoms with van der Waals surface area (Å²) in [6.07, 6.45) is -4.53. The number of alkyl halides is 3. The molecule has 0 aliphatic rings. The highest BCUT2D eigenvalue weighted by Gasteiger charge is 2.28. The van der Waals surface area contributed by atoms with E-state index in [0.717, 1.165) is 0 Å². The van der Waals surface area contributed by atoms with Gasteiger partial charge in [-0.1, -0.05) is 0 Å². The van der Waals surface area contributed by atoms with Gasteiger partial charge in [0.1, 0.15) is 0 Å². The van der Waals surface area contributed by atoms with Gasteiger partial charge in [0, 0.05) is 11.4 Å². The number of amides is 1. The van der Waals surface area contributed by atoms with E-state index < -0.39 is 18.7 Å². The minimum Gasteiger partial charge on any atom is -0.264 e. The van der Waals surface area contributed by atoms with Crippen molar-refractivity contribution in [3.05, 3.63) is 23.3 Å². The van der Waals surface area contributed by atoms with Crippen LogP contribution in [0.15, 0.2) is 6.07 Å². The van der Waals surface area contributed by atoms with Crippen molar-refractivity contribution in [2.75, 3.05) is 6.61 Å². The van der Waals surface area contributed by atoms with Crippen molar-refractivity contribution in [1.29, 1.82) is 0 Å². The van der Waals surface area contributed by atoms with E-state index in [9.17, 15) is 18.0 Å². The fraction of sp³-hybridized carbons (Fsp3) is 0.400. The first kappa shape index (κ1) is 14.2. The highest BCUT2D eigenvalue weighted by atomic mass is 19.4. The Morgan fingerprint density at radius 2 is 2.10 bits per heavy atom. The van der Waals surface area contributed by atoms with Gasteiger partial charge in [-0.05, 0) is 19.9 Å². The minimum atomic E-state index is -4.53. The number of rotatable bonds is 3. The molecule has 0 fully saturated rings. The van der Waals surface area contributed by atoms with Gasteiger partial charge in [-0.2, -0.15) is 18.2 Å². The van der Waals surface area contributed by atoms with Crippen molar-refractivity contribution in [3.63, 3.8) is 0 Å². The molecule has 0 spiro atoms. The van der Waals surface area contributed by atoms with E-state index >= 15 is 0 Å². The Labute approximate surface area is 110 Å². The molecule has 20 heavy (non-hydrogen) atoms. The first-order valence-corrected chi connectivity index (χ1v) is 5.46. The highest BCUT2D eigenvalue weighted by molar-refractivity contribution is 5.89. The summed E-state index contributed by atoms with van der Waals surface area (Å²) in [5.41, 5.74) is 3.00. The van der Waals surface area contributed by atoms with Crippen LogP contribution in [0.25, 0.3) is 5.78 Å². The Kier molecular flexibility index (Phi) is 3.57. The standard InChI is InChI=1S/C10H10F3N5O2/c1-5-3-6(2)18-9(14-5)15-7(16-18)8(19)17-20-4-10(11,12)13/h3H,4H2,1-2H3,(H,17,19). The molecule has 0 radical (unpaired) electrons. The molecule has 108 valence electrons. The van der Waals surface area contributed by atoms with Crippen LogP contribution in [0.1, 0.15) is 22.0 Å². The third-order valence-electron chi connectivity index (χ3n) is 2.22. The second kappa shape index (κ2) is 5.04. The molecule has 0 aliphatic heterocycles. The molecule has 0 bridgehead atoms. The van der Waals surface area contributed by atoms with Crippen molar-refractivity contribution in [3.8, 4) is 0 Å². The molecule has 7 nitrogen and oxygen atoms in total. The van der Waals surface area contributed by atoms with Gasteiger partial charge in [-0.25, -0.2) is 15.0 Å². The zero-order valence-corrected chi connectivity index (χ0v) is 10.5. The van der Waals surface area contributed by atoms with Crippen LogP contribution in [0.5, 0.6) is 0 Å². The molecule has 2 heterocycles. The average molecular weight is 289 g/mol. The lowest BCUT2D eigenvalue weighted by atomic mass is 10.4. The topological polar surface area (TPSA) is 81.4 Å². The van der Waals surface area contributed by atoms with Crippen LogP contribution in [0.3, 0.4) is 0 Å². The SMILES string of the molecule is Cc1cc(C)n2nc(C(=O)NOCC(F)(F)F)nc2n1. The normalized spacial score (nSPS) is 11.8. The third-order valence-corrected chi connectivity index (χ3v) is 2.22. The van der Waals surface area contributed by atoms with E-state index in [1.807, 2.05) is 0 Å². The number of fused-ring (bicyclic) bond motifs is 1. The average Bonchev–Trinajstić information content (AvgIpc) is 2.71. The molecule has 1 N–H and O–H groups in total. The fourth-order valence-corrected chi connectivity index (χ4v) is 1.49. The number of hydrogen-bond acceptors (Lipinski definition) is 5. The molecule has 2 rings (SSSR count). The molecule has 0 saturated carbocycles. The van der Waals surface area contributed by atoms with Gasteiger partial charge in [0.2, 0.25) is 5.82 Å². The molecule has 10 heteroatoms. The lowest BCUT2D eigenvalue weighted by Gasteiger charge is -2.06. The molecular formula is C10H10F3N5O2. The number of aryl methyl sites for hydroxylation is 2. The first-order chi connectivity index (χ1) is 9.26. The number of hydroxylamine groups is 1. The third kappa shape index (κ3) is 3.20. The monoisotopic (exact) mass is 289 g/mol. The van der Waals surface area contributed by atoms with Gasteiger partial charge < -0.3 is 0 Å². The van der Waals surface area contributed by atoms with E-state index in [-0.39, 0.29) is 11.6 Å². The molecule has 0 saturated heterocycles. The van der Waals surface area contributed by atoms with Crippen molar-refractivity contribution in [1.82, 2.24) is 25.1 Å². The summed E-state index contributed by atoms with van der Waals surface area (Å²) in [6.45, 7) is 1.88. The molecule has 0 aromatic carbocycles. The predicted octanol–water partition coefficient (Wildman–Crippen LogP) is 0.965. The molecule has 2 aromatic heterocycles. The molecule has 0 aliphatic carbocycles. The van der Waals surface area contributed by atoms with Crippen molar-refractivity contribution in [2.45, 2.75) is 20.0 Å². The quantitative estimate of drug-likeness (QED) is 0.851. The second-order valence-electron chi connectivity index (χ2n) is 4.02. The Hall–Kier alpha value is -2.23. The zero-order valence-electron chi connectivity index (χ0n) is 10.5. The Morgan fingerprint density at radius 3 is 2.75 bits per heavy atom. The van der Waals surface area contributed by atoms with Crippen molar-refractivity contribution in [2.24, 2.45) is 0 Å². The van der Waals surface area contributed by atoms with E-state index in [2.05, 4.69) is 19.9 Å². The van der Waals surface area contributed by atoms with Gasteiger partial charge >= 0.3 is 12.1 Å². The zero-order chi connectivity index (χ0) is 14.9. The lowest BCUT2D eigenvalue weighted by molar-refractivity contribution is -0.184. The Balaban J connectivity index is 2.13. The van der Waals surface area contributed by atoms with Crippen LogP contribution in [0, 0.1) is 13.8 Å². The van der Waals surface area contributed by atoms with Crippen LogP contribution in [-0.4, -0.2) is 38.3 Å². The van der Waals surface area contributed by atoms with Gasteiger partial charge in [-0.3, -0.25) is 9.63 Å². The Morgan fingerprint density at radius 1 is 1.40 bits per heavy atom. The molecule has 0 unspecified atom stereocenters. The van der Waals surface area contributed by atoms with E-state index in [0.29, 0.717) is 11.4 Å². The largest absolute Gasteiger partial charge is 0.414 e. The predicted molar refractivity (Wildman–Crippen MR) is 59.7 cm³/mol. The van der Waals surface area contributed by atoms with Crippen molar-refractivity contribution < 1.29 is 22.8 Å². The summed E-state index contributed by atoms with van der Waals surface area (Å²) < 4.78 is 36.9. The Bertz CT molecular complexity index is 652. The van der Waals surface area contributed by atoms with E-state index in [1.165, 1.54) is 4.52 Å². The fourth-order valence-electron chi connectivity index (χ4n) is 1.49. The molecular weight excluding hydrogens is 279 g/mol. The second-order valence-corrected chi connectivity index (χ2v) is 4.02. The number of hydrogen-bond donors (Lipinski definition) is 1. The van der Waals surface area contributed by atoms with Crippen molar-refractivity contribution >= 4 is 11.7 Å². The minimum absolute atomic E-state index is 0.184. The maximum absolute atomic E-state index is 11.9.